The number of ether oxygens (including phenoxy) is 1. The Morgan fingerprint density at radius 3 is 2.30 bits per heavy atom. The van der Waals surface area contributed by atoms with Gasteiger partial charge in [-0.3, -0.25) is 0 Å². The SMILES string of the molecule is COc1ccc(S(=O)(=O)N(N=C(C)C)[C@@H]2CCS(=O)(=O)C2)cc1. The molecule has 0 radical (unpaired) electrons. The highest BCUT2D eigenvalue weighted by atomic mass is 32.2. The van der Waals surface area contributed by atoms with Crippen molar-refractivity contribution in [1.82, 2.24) is 4.41 Å². The van der Waals surface area contributed by atoms with Crippen LogP contribution in [0.1, 0.15) is 20.3 Å². The normalized spacial score (nSPS) is 20.0. The Balaban J connectivity index is 2.43. The molecule has 1 aromatic carbocycles. The van der Waals surface area contributed by atoms with Crippen molar-refractivity contribution in [3.05, 3.63) is 24.3 Å². The predicted octanol–water partition coefficient (Wildman–Crippen LogP) is 1.27. The second-order valence-corrected chi connectivity index (χ2v) is 9.58. The number of nitrogens with zero attached hydrogens (tertiary/aromatic N) is 2. The maximum Gasteiger partial charge on any atom is 0.279 e. The molecule has 0 aliphatic carbocycles. The van der Waals surface area contributed by atoms with Gasteiger partial charge in [-0.1, -0.05) is 0 Å². The molecule has 1 fully saturated rings. The molecule has 128 valence electrons. The van der Waals surface area contributed by atoms with Crippen molar-refractivity contribution in [2.75, 3.05) is 18.6 Å². The van der Waals surface area contributed by atoms with E-state index >= 15 is 0 Å². The highest BCUT2D eigenvalue weighted by Gasteiger charge is 2.38. The summed E-state index contributed by atoms with van der Waals surface area (Å²) in [6, 6.07) is 5.25. The van der Waals surface area contributed by atoms with Gasteiger partial charge in [0.25, 0.3) is 10.0 Å². The molecule has 1 aliphatic heterocycles. The summed E-state index contributed by atoms with van der Waals surface area (Å²) < 4.78 is 55.0. The largest absolute Gasteiger partial charge is 0.497 e. The van der Waals surface area contributed by atoms with Crippen LogP contribution < -0.4 is 4.74 Å². The van der Waals surface area contributed by atoms with Crippen molar-refractivity contribution in [1.29, 1.82) is 0 Å². The molecule has 7 nitrogen and oxygen atoms in total. The Bertz CT molecular complexity index is 794. The molecule has 0 bridgehead atoms. The van der Waals surface area contributed by atoms with Crippen LogP contribution in [0.2, 0.25) is 0 Å². The van der Waals surface area contributed by atoms with E-state index in [4.69, 9.17) is 4.74 Å². The lowest BCUT2D eigenvalue weighted by atomic mass is 10.3. The van der Waals surface area contributed by atoms with Crippen molar-refractivity contribution in [2.45, 2.75) is 31.2 Å². The molecule has 0 spiro atoms. The lowest BCUT2D eigenvalue weighted by Crippen LogP contribution is -2.37. The van der Waals surface area contributed by atoms with E-state index in [1.165, 1.54) is 19.2 Å². The van der Waals surface area contributed by atoms with Gasteiger partial charge in [0.2, 0.25) is 0 Å². The molecule has 0 N–H and O–H groups in total. The fourth-order valence-electron chi connectivity index (χ4n) is 2.33. The molecular formula is C14H20N2O5S2. The summed E-state index contributed by atoms with van der Waals surface area (Å²) >= 11 is 0. The topological polar surface area (TPSA) is 93.1 Å². The smallest absolute Gasteiger partial charge is 0.279 e. The van der Waals surface area contributed by atoms with Crippen LogP contribution in [0, 0.1) is 0 Å². The van der Waals surface area contributed by atoms with Gasteiger partial charge in [-0.15, -0.1) is 0 Å². The molecular weight excluding hydrogens is 340 g/mol. The molecule has 23 heavy (non-hydrogen) atoms. The molecule has 1 aliphatic rings. The number of benzene rings is 1. The average molecular weight is 360 g/mol. The van der Waals surface area contributed by atoms with E-state index < -0.39 is 25.9 Å². The van der Waals surface area contributed by atoms with E-state index in [2.05, 4.69) is 5.10 Å². The summed E-state index contributed by atoms with van der Waals surface area (Å²) in [5, 5.41) is 4.08. The highest BCUT2D eigenvalue weighted by Crippen LogP contribution is 2.26. The zero-order valence-electron chi connectivity index (χ0n) is 13.3. The minimum absolute atomic E-state index is 0.0232. The maximum absolute atomic E-state index is 12.8. The Morgan fingerprint density at radius 1 is 1.26 bits per heavy atom. The molecule has 0 saturated carbocycles. The van der Waals surface area contributed by atoms with Crippen molar-refractivity contribution in [2.24, 2.45) is 5.10 Å². The van der Waals surface area contributed by atoms with Crippen molar-refractivity contribution in [3.63, 3.8) is 0 Å². The number of sulfonamides is 1. The van der Waals surface area contributed by atoms with Crippen LogP contribution >= 0.6 is 0 Å². The third-order valence-electron chi connectivity index (χ3n) is 3.42. The van der Waals surface area contributed by atoms with Crippen molar-refractivity contribution >= 4 is 25.6 Å². The molecule has 2 rings (SSSR count). The minimum Gasteiger partial charge on any atom is -0.497 e. The summed E-state index contributed by atoms with van der Waals surface area (Å²) in [6.07, 6.45) is 0.245. The molecule has 0 unspecified atom stereocenters. The average Bonchev–Trinajstić information content (AvgIpc) is 2.84. The first kappa shape index (κ1) is 17.7. The standard InChI is InChI=1S/C14H20N2O5S2/c1-11(2)15-16(12-8-9-22(17,18)10-12)23(19,20)14-6-4-13(21-3)5-7-14/h4-7,12H,8-10H2,1-3H3/t12-/m1/s1. The molecule has 1 aromatic rings. The third-order valence-corrected chi connectivity index (χ3v) is 6.91. The van der Waals surface area contributed by atoms with Crippen molar-refractivity contribution in [3.8, 4) is 5.75 Å². The zero-order chi connectivity index (χ0) is 17.3. The van der Waals surface area contributed by atoms with Crippen LogP contribution in [0.5, 0.6) is 5.75 Å². The van der Waals surface area contributed by atoms with Gasteiger partial charge in [0.1, 0.15) is 5.75 Å². The van der Waals surface area contributed by atoms with Gasteiger partial charge in [-0.25, -0.2) is 8.42 Å². The second kappa shape index (κ2) is 6.48. The Hall–Kier alpha value is -1.61. The van der Waals surface area contributed by atoms with Crippen LogP contribution in [0.4, 0.5) is 0 Å². The number of rotatable bonds is 5. The number of hydrogen-bond donors (Lipinski definition) is 0. The Morgan fingerprint density at radius 2 is 1.87 bits per heavy atom. The predicted molar refractivity (Wildman–Crippen MR) is 87.9 cm³/mol. The van der Waals surface area contributed by atoms with E-state index in [1.54, 1.807) is 26.0 Å². The molecule has 1 saturated heterocycles. The van der Waals surface area contributed by atoms with Gasteiger partial charge in [0.05, 0.1) is 29.6 Å². The van der Waals surface area contributed by atoms with E-state index in [-0.39, 0.29) is 22.8 Å². The number of hydrogen-bond acceptors (Lipinski definition) is 6. The van der Waals surface area contributed by atoms with Crippen LogP contribution in [-0.4, -0.2) is 51.6 Å². The maximum atomic E-state index is 12.8. The quantitative estimate of drug-likeness (QED) is 0.582. The van der Waals surface area contributed by atoms with E-state index in [9.17, 15) is 16.8 Å². The summed E-state index contributed by atoms with van der Waals surface area (Å²) in [4.78, 5) is 0.0487. The zero-order valence-corrected chi connectivity index (χ0v) is 14.9. The van der Waals surface area contributed by atoms with Crippen LogP contribution in [0.25, 0.3) is 0 Å². The van der Waals surface area contributed by atoms with Gasteiger partial charge in [0, 0.05) is 5.71 Å². The van der Waals surface area contributed by atoms with E-state index in [0.29, 0.717) is 11.5 Å². The van der Waals surface area contributed by atoms with Crippen LogP contribution in [0.3, 0.4) is 0 Å². The first-order valence-electron chi connectivity index (χ1n) is 7.06. The van der Waals surface area contributed by atoms with Gasteiger partial charge >= 0.3 is 0 Å². The fourth-order valence-corrected chi connectivity index (χ4v) is 5.66. The Labute approximate surface area is 136 Å². The van der Waals surface area contributed by atoms with Gasteiger partial charge in [-0.2, -0.15) is 17.9 Å². The molecule has 0 amide bonds. The lowest BCUT2D eigenvalue weighted by molar-refractivity contribution is 0.354. The van der Waals surface area contributed by atoms with Gasteiger partial charge in [-0.05, 0) is 44.5 Å². The van der Waals surface area contributed by atoms with Crippen LogP contribution in [-0.2, 0) is 19.9 Å². The number of sulfone groups is 1. The van der Waals surface area contributed by atoms with Gasteiger partial charge in [0.15, 0.2) is 9.84 Å². The minimum atomic E-state index is -3.93. The van der Waals surface area contributed by atoms with E-state index in [0.717, 1.165) is 4.41 Å². The summed E-state index contributed by atoms with van der Waals surface area (Å²) in [5.74, 6) is 0.304. The van der Waals surface area contributed by atoms with Crippen LogP contribution in [0.15, 0.2) is 34.3 Å². The first-order valence-corrected chi connectivity index (χ1v) is 10.3. The summed E-state index contributed by atoms with van der Waals surface area (Å²) in [7, 11) is -5.66. The van der Waals surface area contributed by atoms with Crippen molar-refractivity contribution < 1.29 is 21.6 Å². The second-order valence-electron chi connectivity index (χ2n) is 5.56. The first-order chi connectivity index (χ1) is 10.7. The fraction of sp³-hybridized carbons (Fsp3) is 0.500. The molecule has 9 heteroatoms. The third kappa shape index (κ3) is 4.03. The summed E-state index contributed by atoms with van der Waals surface area (Å²) in [5.41, 5.74) is 0.534. The Kier molecular flexibility index (Phi) is 5.00. The number of methoxy groups -OCH3 is 1. The molecule has 1 atom stereocenters. The molecule has 1 heterocycles. The highest BCUT2D eigenvalue weighted by molar-refractivity contribution is 7.92. The lowest BCUT2D eigenvalue weighted by Gasteiger charge is -2.25. The molecule has 0 aromatic heterocycles. The monoisotopic (exact) mass is 360 g/mol. The van der Waals surface area contributed by atoms with Gasteiger partial charge < -0.3 is 4.74 Å². The summed E-state index contributed by atoms with van der Waals surface area (Å²) in [6.45, 7) is 3.33. The van der Waals surface area contributed by atoms with E-state index in [1.807, 2.05) is 0 Å². The number of hydrazone groups is 1.